The molecule has 0 bridgehead atoms. The molecule has 0 aliphatic rings. The van der Waals surface area contributed by atoms with Gasteiger partial charge in [0.25, 0.3) is 11.6 Å². The maximum atomic E-state index is 12.6. The van der Waals surface area contributed by atoms with Gasteiger partial charge in [0.1, 0.15) is 24.0 Å². The highest BCUT2D eigenvalue weighted by molar-refractivity contribution is 6.40. The number of nitro benzene ring substituents is 1. The molecule has 1 amide bonds. The summed E-state index contributed by atoms with van der Waals surface area (Å²) in [5, 5.41) is 23.5. The van der Waals surface area contributed by atoms with E-state index in [0.29, 0.717) is 21.4 Å². The van der Waals surface area contributed by atoms with E-state index >= 15 is 0 Å². The second kappa shape index (κ2) is 11.2. The number of carbonyl (C=O) groups excluding carboxylic acids is 1. The van der Waals surface area contributed by atoms with Crippen LogP contribution in [0.4, 0.5) is 11.4 Å². The molecule has 1 N–H and O–H groups in total. The number of hydrogen-bond acceptors (Lipinski definition) is 5. The third-order valence-corrected chi connectivity index (χ3v) is 5.62. The van der Waals surface area contributed by atoms with Crippen LogP contribution >= 0.6 is 46.4 Å². The molecule has 7 nitrogen and oxygen atoms in total. The number of ether oxygens (including phenoxy) is 1. The molecule has 0 radical (unpaired) electrons. The van der Waals surface area contributed by atoms with E-state index in [2.05, 4.69) is 5.32 Å². The average Bonchev–Trinajstić information content (AvgIpc) is 2.79. The van der Waals surface area contributed by atoms with Gasteiger partial charge >= 0.3 is 0 Å². The third kappa shape index (κ3) is 6.40. The molecule has 3 aromatic carbocycles. The summed E-state index contributed by atoms with van der Waals surface area (Å²) in [4.78, 5) is 22.8. The van der Waals surface area contributed by atoms with Crippen LogP contribution in [0.15, 0.2) is 60.2 Å². The molecule has 0 aliphatic heterocycles. The molecule has 3 aromatic rings. The predicted octanol–water partition coefficient (Wildman–Crippen LogP) is 7.33. The standard InChI is InChI=1S/C23H13Cl4N3O4/c24-16-4-3-14(19(25)8-16)12-34-18-5-1-13(2-6-18)7-15(11-28)23(31)29-22-20(26)9-17(30(32)33)10-21(22)27/h1-10H,12H2,(H,29,31)/b15-7+. The Morgan fingerprint density at radius 2 is 1.68 bits per heavy atom. The molecule has 11 heteroatoms. The Bertz CT molecular complexity index is 1310. The van der Waals surface area contributed by atoms with Crippen molar-refractivity contribution in [2.24, 2.45) is 0 Å². The lowest BCUT2D eigenvalue weighted by atomic mass is 10.1. The highest BCUT2D eigenvalue weighted by Gasteiger charge is 2.18. The summed E-state index contributed by atoms with van der Waals surface area (Å²) in [5.41, 5.74) is 0.730. The Labute approximate surface area is 214 Å². The van der Waals surface area contributed by atoms with Crippen LogP contribution in [0, 0.1) is 21.4 Å². The van der Waals surface area contributed by atoms with Gasteiger partial charge in [0.15, 0.2) is 0 Å². The number of amides is 1. The van der Waals surface area contributed by atoms with E-state index in [9.17, 15) is 20.2 Å². The summed E-state index contributed by atoms with van der Waals surface area (Å²) in [6, 6.07) is 15.7. The van der Waals surface area contributed by atoms with Crippen molar-refractivity contribution in [3.63, 3.8) is 0 Å². The quantitative estimate of drug-likeness (QED) is 0.147. The Morgan fingerprint density at radius 3 is 2.24 bits per heavy atom. The normalized spacial score (nSPS) is 11.0. The van der Waals surface area contributed by atoms with E-state index in [0.717, 1.165) is 17.7 Å². The molecule has 0 aliphatic carbocycles. The van der Waals surface area contributed by atoms with Gasteiger partial charge in [-0.3, -0.25) is 14.9 Å². The summed E-state index contributed by atoms with van der Waals surface area (Å²) < 4.78 is 5.71. The first-order chi connectivity index (χ1) is 16.2. The monoisotopic (exact) mass is 535 g/mol. The van der Waals surface area contributed by atoms with Crippen molar-refractivity contribution in [3.05, 3.63) is 102 Å². The molecule has 0 saturated heterocycles. The first-order valence-electron chi connectivity index (χ1n) is 9.41. The highest BCUT2D eigenvalue weighted by atomic mass is 35.5. The number of rotatable bonds is 7. The number of non-ortho nitro benzene ring substituents is 1. The van der Waals surface area contributed by atoms with Gasteiger partial charge in [-0.25, -0.2) is 0 Å². The van der Waals surface area contributed by atoms with Crippen LogP contribution in [0.1, 0.15) is 11.1 Å². The van der Waals surface area contributed by atoms with Crippen LogP contribution < -0.4 is 10.1 Å². The van der Waals surface area contributed by atoms with Gasteiger partial charge in [0.2, 0.25) is 0 Å². The molecule has 34 heavy (non-hydrogen) atoms. The van der Waals surface area contributed by atoms with Gasteiger partial charge in [-0.15, -0.1) is 0 Å². The number of anilines is 1. The Hall–Kier alpha value is -3.28. The second-order valence-corrected chi connectivity index (χ2v) is 8.42. The minimum Gasteiger partial charge on any atom is -0.489 e. The fourth-order valence-electron chi connectivity index (χ4n) is 2.74. The van der Waals surface area contributed by atoms with Gasteiger partial charge in [0.05, 0.1) is 20.7 Å². The summed E-state index contributed by atoms with van der Waals surface area (Å²) in [6.45, 7) is 0.230. The van der Waals surface area contributed by atoms with Gasteiger partial charge in [-0.1, -0.05) is 64.6 Å². The van der Waals surface area contributed by atoms with E-state index in [4.69, 9.17) is 51.1 Å². The molecular weight excluding hydrogens is 524 g/mol. The van der Waals surface area contributed by atoms with Crippen molar-refractivity contribution in [2.45, 2.75) is 6.61 Å². The summed E-state index contributed by atoms with van der Waals surface area (Å²) in [7, 11) is 0. The van der Waals surface area contributed by atoms with Gasteiger partial charge < -0.3 is 10.1 Å². The Balaban J connectivity index is 1.71. The van der Waals surface area contributed by atoms with Crippen LogP contribution in [0.3, 0.4) is 0 Å². The zero-order valence-corrected chi connectivity index (χ0v) is 20.0. The lowest BCUT2D eigenvalue weighted by Crippen LogP contribution is -2.14. The summed E-state index contributed by atoms with van der Waals surface area (Å²) >= 11 is 24.0. The maximum Gasteiger partial charge on any atom is 0.272 e. The number of hydrogen-bond donors (Lipinski definition) is 1. The maximum absolute atomic E-state index is 12.6. The number of nitrogens with zero attached hydrogens (tertiary/aromatic N) is 2. The molecule has 0 spiro atoms. The zero-order chi connectivity index (χ0) is 24.8. The first kappa shape index (κ1) is 25.3. The molecule has 0 saturated carbocycles. The lowest BCUT2D eigenvalue weighted by molar-refractivity contribution is -0.384. The molecule has 0 fully saturated rings. The number of nitro groups is 1. The molecule has 0 heterocycles. The molecule has 0 aromatic heterocycles. The molecule has 0 atom stereocenters. The van der Waals surface area contributed by atoms with Crippen LogP contribution in [0.2, 0.25) is 20.1 Å². The fraction of sp³-hybridized carbons (Fsp3) is 0.0435. The van der Waals surface area contributed by atoms with E-state index < -0.39 is 10.8 Å². The van der Waals surface area contributed by atoms with E-state index in [-0.39, 0.29) is 33.6 Å². The van der Waals surface area contributed by atoms with Crippen molar-refractivity contribution in [1.82, 2.24) is 0 Å². The number of halogens is 4. The topological polar surface area (TPSA) is 105 Å². The van der Waals surface area contributed by atoms with Crippen LogP contribution in [-0.4, -0.2) is 10.8 Å². The Morgan fingerprint density at radius 1 is 1.03 bits per heavy atom. The van der Waals surface area contributed by atoms with Crippen molar-refractivity contribution >= 4 is 69.8 Å². The van der Waals surface area contributed by atoms with Gasteiger partial charge in [0, 0.05) is 27.7 Å². The minimum atomic E-state index is -0.780. The van der Waals surface area contributed by atoms with Crippen molar-refractivity contribution < 1.29 is 14.5 Å². The molecule has 3 rings (SSSR count). The van der Waals surface area contributed by atoms with Crippen molar-refractivity contribution in [1.29, 1.82) is 5.26 Å². The number of benzene rings is 3. The van der Waals surface area contributed by atoms with Gasteiger partial charge in [-0.05, 0) is 35.9 Å². The largest absolute Gasteiger partial charge is 0.489 e. The van der Waals surface area contributed by atoms with Crippen molar-refractivity contribution in [3.8, 4) is 11.8 Å². The second-order valence-electron chi connectivity index (χ2n) is 6.76. The van der Waals surface area contributed by atoms with E-state index in [1.54, 1.807) is 42.5 Å². The van der Waals surface area contributed by atoms with Crippen LogP contribution in [0.25, 0.3) is 6.08 Å². The SMILES string of the molecule is N#C/C(=C\c1ccc(OCc2ccc(Cl)cc2Cl)cc1)C(=O)Nc1c(Cl)cc([N+](=O)[O-])cc1Cl. The molecular formula is C23H13Cl4N3O4. The zero-order valence-electron chi connectivity index (χ0n) is 17.0. The van der Waals surface area contributed by atoms with Crippen LogP contribution in [0.5, 0.6) is 5.75 Å². The number of nitrogens with one attached hydrogen (secondary N) is 1. The average molecular weight is 537 g/mol. The summed E-state index contributed by atoms with van der Waals surface area (Å²) in [5.74, 6) is -0.228. The first-order valence-corrected chi connectivity index (χ1v) is 10.9. The summed E-state index contributed by atoms with van der Waals surface area (Å²) in [6.07, 6.45) is 1.36. The number of nitriles is 1. The smallest absolute Gasteiger partial charge is 0.272 e. The lowest BCUT2D eigenvalue weighted by Gasteiger charge is -2.09. The van der Waals surface area contributed by atoms with Gasteiger partial charge in [-0.2, -0.15) is 5.26 Å². The Kier molecular flexibility index (Phi) is 8.37. The van der Waals surface area contributed by atoms with Crippen molar-refractivity contribution in [2.75, 3.05) is 5.32 Å². The van der Waals surface area contributed by atoms with Crippen LogP contribution in [-0.2, 0) is 11.4 Å². The minimum absolute atomic E-state index is 0.0373. The van der Waals surface area contributed by atoms with E-state index in [1.165, 1.54) is 6.08 Å². The fourth-order valence-corrected chi connectivity index (χ4v) is 3.77. The van der Waals surface area contributed by atoms with E-state index in [1.807, 2.05) is 6.07 Å². The highest BCUT2D eigenvalue weighted by Crippen LogP contribution is 2.35. The third-order valence-electron chi connectivity index (χ3n) is 4.44. The predicted molar refractivity (Wildman–Crippen MR) is 133 cm³/mol. The molecule has 0 unspecified atom stereocenters. The number of carbonyl (C=O) groups is 1. The molecule has 172 valence electrons.